The molecule has 0 fully saturated rings. The summed E-state index contributed by atoms with van der Waals surface area (Å²) in [5, 5.41) is 9.47. The van der Waals surface area contributed by atoms with Crippen molar-refractivity contribution in [3.8, 4) is 11.4 Å². The van der Waals surface area contributed by atoms with Gasteiger partial charge in [0.15, 0.2) is 5.82 Å². The number of hydrogen-bond acceptors (Lipinski definition) is 5. The Balaban J connectivity index is 0.000000377. The fraction of sp³-hybridized carbons (Fsp3) is 0.318. The van der Waals surface area contributed by atoms with Crippen molar-refractivity contribution in [2.24, 2.45) is 4.99 Å². The molecule has 0 saturated carbocycles. The molecular weight excluding hydrogens is 420 g/mol. The minimum absolute atomic E-state index is 0.324. The topological polar surface area (TPSA) is 69.4 Å². The molecule has 6 nitrogen and oxygen atoms in total. The largest absolute Gasteiger partial charge is 0.497 e. The van der Waals surface area contributed by atoms with Crippen LogP contribution < -0.4 is 4.74 Å². The third kappa shape index (κ3) is 4.79. The summed E-state index contributed by atoms with van der Waals surface area (Å²) >= 11 is 6.02. The second kappa shape index (κ2) is 9.53. The summed E-state index contributed by atoms with van der Waals surface area (Å²) in [6.07, 6.45) is 1.71. The molecule has 0 aliphatic carbocycles. The molecule has 1 aromatic heterocycles. The van der Waals surface area contributed by atoms with Crippen LogP contribution in [0.4, 0.5) is 0 Å². The van der Waals surface area contributed by atoms with E-state index in [4.69, 9.17) is 21.3 Å². The molecule has 2 aromatic carbocycles. The first kappa shape index (κ1) is 22.2. The van der Waals surface area contributed by atoms with Gasteiger partial charge >= 0.3 is 0 Å². The minimum Gasteiger partial charge on any atom is -0.497 e. The van der Waals surface area contributed by atoms with Gasteiger partial charge in [-0.1, -0.05) is 37.6 Å². The van der Waals surface area contributed by atoms with E-state index in [1.807, 2.05) is 67.8 Å². The number of methoxy groups -OCH3 is 1. The second-order valence-corrected chi connectivity index (χ2v) is 9.48. The lowest BCUT2D eigenvalue weighted by Crippen LogP contribution is -2.08. The Bertz CT molecular complexity index is 1090. The Hall–Kier alpha value is -2.51. The van der Waals surface area contributed by atoms with Crippen molar-refractivity contribution in [2.45, 2.75) is 32.6 Å². The first-order chi connectivity index (χ1) is 14.3. The average Bonchev–Trinajstić information content (AvgIpc) is 3.01. The van der Waals surface area contributed by atoms with Crippen LogP contribution in [-0.4, -0.2) is 43.3 Å². The van der Waals surface area contributed by atoms with Gasteiger partial charge < -0.3 is 4.74 Å². The Labute approximate surface area is 184 Å². The van der Waals surface area contributed by atoms with Crippen LogP contribution in [0.1, 0.15) is 36.6 Å². The van der Waals surface area contributed by atoms with Crippen LogP contribution in [0.25, 0.3) is 5.69 Å². The highest BCUT2D eigenvalue weighted by Gasteiger charge is 2.22. The quantitative estimate of drug-likeness (QED) is 0.601. The molecule has 0 bridgehead atoms. The molecule has 0 saturated heterocycles. The van der Waals surface area contributed by atoms with Crippen molar-refractivity contribution in [3.05, 3.63) is 70.3 Å². The maximum Gasteiger partial charge on any atom is 0.159 e. The summed E-state index contributed by atoms with van der Waals surface area (Å²) in [7, 11) is 1.04. The molecule has 8 heteroatoms. The van der Waals surface area contributed by atoms with E-state index < -0.39 is 10.8 Å². The minimum atomic E-state index is -0.617. The van der Waals surface area contributed by atoms with Crippen molar-refractivity contribution in [2.75, 3.05) is 13.4 Å². The molecule has 1 aliphatic rings. The van der Waals surface area contributed by atoms with E-state index >= 15 is 0 Å². The van der Waals surface area contributed by atoms with E-state index in [2.05, 4.69) is 10.2 Å². The van der Waals surface area contributed by atoms with Crippen molar-refractivity contribution in [1.82, 2.24) is 14.8 Å². The van der Waals surface area contributed by atoms with Gasteiger partial charge in [-0.2, -0.15) is 0 Å². The van der Waals surface area contributed by atoms with E-state index in [9.17, 15) is 4.21 Å². The molecule has 2 heterocycles. The lowest BCUT2D eigenvalue weighted by atomic mass is 10.00. The van der Waals surface area contributed by atoms with E-state index in [1.54, 1.807) is 13.4 Å². The van der Waals surface area contributed by atoms with Crippen LogP contribution >= 0.6 is 11.6 Å². The van der Waals surface area contributed by atoms with Crippen LogP contribution in [0.5, 0.6) is 5.75 Å². The Kier molecular flexibility index (Phi) is 7.05. The number of aryl methyl sites for hydroxylation is 1. The number of nitrogens with zero attached hydrogens (tertiary/aromatic N) is 4. The van der Waals surface area contributed by atoms with Crippen molar-refractivity contribution >= 4 is 28.1 Å². The maximum absolute atomic E-state index is 10.3. The molecule has 158 valence electrons. The lowest BCUT2D eigenvalue weighted by Gasteiger charge is -2.14. The lowest BCUT2D eigenvalue weighted by molar-refractivity contribution is 0.414. The smallest absolute Gasteiger partial charge is 0.159 e. The van der Waals surface area contributed by atoms with Gasteiger partial charge in [-0.3, -0.25) is 13.8 Å². The van der Waals surface area contributed by atoms with Crippen LogP contribution in [0.3, 0.4) is 0 Å². The first-order valence-corrected chi connectivity index (χ1v) is 11.5. The maximum atomic E-state index is 10.3. The number of benzene rings is 2. The summed E-state index contributed by atoms with van der Waals surface area (Å²) in [5.41, 5.74) is 3.91. The van der Waals surface area contributed by atoms with Gasteiger partial charge in [0, 0.05) is 44.5 Å². The second-order valence-electron chi connectivity index (χ2n) is 7.10. The number of rotatable bonds is 3. The molecule has 30 heavy (non-hydrogen) atoms. The number of hydrogen-bond donors (Lipinski definition) is 0. The van der Waals surface area contributed by atoms with Crippen LogP contribution in [0.15, 0.2) is 47.5 Å². The summed E-state index contributed by atoms with van der Waals surface area (Å²) in [5.74, 6) is 2.42. The van der Waals surface area contributed by atoms with Gasteiger partial charge in [-0.05, 0) is 31.2 Å². The van der Waals surface area contributed by atoms with Gasteiger partial charge in [-0.25, -0.2) is 0 Å². The highest BCUT2D eigenvalue weighted by atomic mass is 35.5. The van der Waals surface area contributed by atoms with E-state index in [0.29, 0.717) is 16.8 Å². The molecule has 3 aromatic rings. The van der Waals surface area contributed by atoms with Crippen molar-refractivity contribution < 1.29 is 8.95 Å². The zero-order chi connectivity index (χ0) is 21.8. The average molecular weight is 445 g/mol. The predicted molar refractivity (Wildman–Crippen MR) is 123 cm³/mol. The molecule has 0 radical (unpaired) electrons. The summed E-state index contributed by atoms with van der Waals surface area (Å²) < 4.78 is 17.7. The molecule has 0 spiro atoms. The molecular formula is C22H25ClN4O2S. The van der Waals surface area contributed by atoms with E-state index in [0.717, 1.165) is 39.9 Å². The molecule has 0 N–H and O–H groups in total. The first-order valence-electron chi connectivity index (χ1n) is 9.54. The Morgan fingerprint density at radius 2 is 1.80 bits per heavy atom. The molecule has 0 amide bonds. The van der Waals surface area contributed by atoms with Crippen molar-refractivity contribution in [1.29, 1.82) is 0 Å². The molecule has 1 aliphatic heterocycles. The van der Waals surface area contributed by atoms with E-state index in [-0.39, 0.29) is 0 Å². The van der Waals surface area contributed by atoms with Gasteiger partial charge in [0.05, 0.1) is 18.5 Å². The fourth-order valence-corrected chi connectivity index (χ4v) is 3.06. The third-order valence-electron chi connectivity index (χ3n) is 4.75. The highest BCUT2D eigenvalue weighted by molar-refractivity contribution is 7.84. The normalized spacial score (nSPS) is 13.4. The van der Waals surface area contributed by atoms with Gasteiger partial charge in [-0.15, -0.1) is 10.2 Å². The van der Waals surface area contributed by atoms with Gasteiger partial charge in [0.1, 0.15) is 18.1 Å². The predicted octanol–water partition coefficient (Wildman–Crippen LogP) is 4.36. The van der Waals surface area contributed by atoms with Gasteiger partial charge in [0.2, 0.25) is 0 Å². The number of aromatic nitrogens is 3. The summed E-state index contributed by atoms with van der Waals surface area (Å²) in [6.45, 7) is 6.29. The zero-order valence-corrected chi connectivity index (χ0v) is 19.3. The zero-order valence-electron chi connectivity index (χ0n) is 17.7. The number of halogens is 1. The monoisotopic (exact) mass is 444 g/mol. The van der Waals surface area contributed by atoms with E-state index in [1.165, 1.54) is 0 Å². The number of fused-ring (bicyclic) bond motifs is 3. The van der Waals surface area contributed by atoms with Crippen molar-refractivity contribution in [3.63, 3.8) is 0 Å². The summed E-state index contributed by atoms with van der Waals surface area (Å²) in [6, 6.07) is 13.7. The standard InChI is InChI=1S/C18H15ClN4O.C4H10OS/c1-11-21-22-17-10-20-18(12-3-5-13(19)6-4-12)15-8-7-14(24-2)9-16(15)23(11)17;1-4(2)6(3)5/h3-9H,10H2,1-2H3;4H,1-3H3. The SMILES string of the molecule is CC(C)S(C)=O.COc1ccc2c(c1)-n1c(C)nnc1CN=C2c1ccc(Cl)cc1. The summed E-state index contributed by atoms with van der Waals surface area (Å²) in [4.78, 5) is 4.78. The highest BCUT2D eigenvalue weighted by Crippen LogP contribution is 2.29. The molecule has 4 rings (SSSR count). The number of aliphatic imine (C=N–C) groups is 1. The van der Waals surface area contributed by atoms with Crippen LogP contribution in [-0.2, 0) is 17.3 Å². The number of ether oxygens (including phenoxy) is 1. The van der Waals surface area contributed by atoms with Crippen LogP contribution in [0, 0.1) is 6.92 Å². The fourth-order valence-electron chi connectivity index (χ4n) is 2.94. The van der Waals surface area contributed by atoms with Crippen LogP contribution in [0.2, 0.25) is 5.02 Å². The third-order valence-corrected chi connectivity index (χ3v) is 6.33. The van der Waals surface area contributed by atoms with Gasteiger partial charge in [0.25, 0.3) is 0 Å². The molecule has 1 unspecified atom stereocenters. The Morgan fingerprint density at radius 3 is 2.40 bits per heavy atom. The molecule has 1 atom stereocenters. The Morgan fingerprint density at radius 1 is 1.13 bits per heavy atom.